The van der Waals surface area contributed by atoms with Crippen molar-refractivity contribution in [2.45, 2.75) is 26.4 Å². The minimum atomic E-state index is -0.501. The first-order valence-corrected chi connectivity index (χ1v) is 12.9. The number of aliphatic hydroxyl groups is 1. The van der Waals surface area contributed by atoms with Gasteiger partial charge in [-0.15, -0.1) is 12.4 Å². The number of amides is 2. The Morgan fingerprint density at radius 1 is 0.925 bits per heavy atom. The highest BCUT2D eigenvalue weighted by Gasteiger charge is 2.15. The first-order valence-electron chi connectivity index (χ1n) is 12.9. The summed E-state index contributed by atoms with van der Waals surface area (Å²) in [6, 6.07) is 22.3. The van der Waals surface area contributed by atoms with Crippen molar-refractivity contribution in [3.8, 4) is 11.5 Å². The van der Waals surface area contributed by atoms with Crippen LogP contribution in [0, 0.1) is 0 Å². The molecule has 0 heterocycles. The summed E-state index contributed by atoms with van der Waals surface area (Å²) in [6.45, 7) is 4.25. The van der Waals surface area contributed by atoms with Gasteiger partial charge in [-0.25, -0.2) is 0 Å². The molecule has 0 bridgehead atoms. The number of anilines is 1. The zero-order valence-electron chi connectivity index (χ0n) is 23.3. The van der Waals surface area contributed by atoms with Crippen molar-refractivity contribution in [2.24, 2.45) is 0 Å². The first-order chi connectivity index (χ1) is 18.7. The third-order valence-corrected chi connectivity index (χ3v) is 5.68. The number of nitrogens with zero attached hydrogens (tertiary/aromatic N) is 1. The summed E-state index contributed by atoms with van der Waals surface area (Å²) >= 11 is 0. The van der Waals surface area contributed by atoms with Gasteiger partial charge in [-0.2, -0.15) is 0 Å². The summed E-state index contributed by atoms with van der Waals surface area (Å²) in [5, 5.41) is 14.4. The van der Waals surface area contributed by atoms with Crippen LogP contribution < -0.4 is 25.0 Å². The van der Waals surface area contributed by atoms with Crippen LogP contribution in [0.15, 0.2) is 78.5 Å². The molecule has 40 heavy (non-hydrogen) atoms. The summed E-state index contributed by atoms with van der Waals surface area (Å²) < 4.78 is 11.5. The van der Waals surface area contributed by atoms with Crippen LogP contribution in [0.2, 0.25) is 0 Å². The molecule has 0 aliphatic rings. The second kappa shape index (κ2) is 16.2. The van der Waals surface area contributed by atoms with Crippen LogP contribution in [0.4, 0.5) is 5.69 Å². The number of nitrogens with one attached hydrogen (secondary N) is 2. The zero-order valence-corrected chi connectivity index (χ0v) is 24.2. The van der Waals surface area contributed by atoms with Gasteiger partial charge in [0.05, 0.1) is 19.3 Å². The Hall–Kier alpha value is -4.01. The van der Waals surface area contributed by atoms with E-state index in [0.29, 0.717) is 29.2 Å². The van der Waals surface area contributed by atoms with E-state index < -0.39 is 11.8 Å². The number of benzene rings is 3. The molecule has 3 aromatic rings. The molecule has 0 aliphatic carbocycles. The number of carbonyl (C=O) groups is 2. The third kappa shape index (κ3) is 10.3. The topological polar surface area (TPSA) is 100 Å². The summed E-state index contributed by atoms with van der Waals surface area (Å²) in [6.07, 6.45) is 2.38. The van der Waals surface area contributed by atoms with Crippen molar-refractivity contribution >= 4 is 36.0 Å². The van der Waals surface area contributed by atoms with Gasteiger partial charge in [-0.3, -0.25) is 9.59 Å². The molecular weight excluding hydrogens is 530 g/mol. The quantitative estimate of drug-likeness (QED) is 0.264. The maximum absolute atomic E-state index is 12.9. The van der Waals surface area contributed by atoms with Gasteiger partial charge < -0.3 is 30.1 Å². The van der Waals surface area contributed by atoms with Gasteiger partial charge in [0.15, 0.2) is 0 Å². The molecule has 0 spiro atoms. The molecule has 0 aliphatic heterocycles. The number of hydrogen-bond donors (Lipinski definition) is 3. The molecule has 0 radical (unpaired) electrons. The summed E-state index contributed by atoms with van der Waals surface area (Å²) in [5.74, 6) is 0.421. The molecular formula is C31H38ClN3O5. The maximum atomic E-state index is 12.9. The number of ether oxygens (including phenoxy) is 2. The van der Waals surface area contributed by atoms with E-state index in [9.17, 15) is 9.59 Å². The molecule has 8 nitrogen and oxygen atoms in total. The number of rotatable bonds is 13. The van der Waals surface area contributed by atoms with Gasteiger partial charge in [0, 0.05) is 38.3 Å². The van der Waals surface area contributed by atoms with E-state index in [2.05, 4.69) is 39.8 Å². The van der Waals surface area contributed by atoms with Crippen LogP contribution in [0.3, 0.4) is 0 Å². The number of carbonyl (C=O) groups excluding carboxylic acids is 2. The van der Waals surface area contributed by atoms with Crippen LogP contribution in [-0.4, -0.2) is 56.9 Å². The minimum absolute atomic E-state index is 0. The second-order valence-electron chi connectivity index (χ2n) is 9.41. The van der Waals surface area contributed by atoms with E-state index in [0.717, 1.165) is 12.1 Å². The molecule has 0 atom stereocenters. The molecule has 0 fully saturated rings. The summed E-state index contributed by atoms with van der Waals surface area (Å²) in [4.78, 5) is 27.7. The highest BCUT2D eigenvalue weighted by molar-refractivity contribution is 6.05. The molecule has 0 unspecified atom stereocenters. The van der Waals surface area contributed by atoms with Gasteiger partial charge in [-0.05, 0) is 79.6 Å². The predicted molar refractivity (Wildman–Crippen MR) is 161 cm³/mol. The number of aliphatic hydroxyl groups excluding tert-OH is 1. The number of halogens is 1. The van der Waals surface area contributed by atoms with Crippen molar-refractivity contribution in [2.75, 3.05) is 38.8 Å². The Morgan fingerprint density at radius 3 is 2.12 bits per heavy atom. The highest BCUT2D eigenvalue weighted by Crippen LogP contribution is 2.17. The Morgan fingerprint density at radius 2 is 1.55 bits per heavy atom. The van der Waals surface area contributed by atoms with Crippen LogP contribution in [0.5, 0.6) is 11.5 Å². The van der Waals surface area contributed by atoms with Crippen LogP contribution in [0.25, 0.3) is 6.08 Å². The van der Waals surface area contributed by atoms with E-state index in [4.69, 9.17) is 14.6 Å². The molecule has 9 heteroatoms. The smallest absolute Gasteiger partial charge is 0.267 e. The molecule has 3 N–H and O–H groups in total. The monoisotopic (exact) mass is 567 g/mol. The molecule has 0 saturated carbocycles. The Kier molecular flexibility index (Phi) is 13.0. The van der Waals surface area contributed by atoms with E-state index in [1.165, 1.54) is 5.56 Å². The van der Waals surface area contributed by atoms with Crippen molar-refractivity contribution in [3.63, 3.8) is 0 Å². The van der Waals surface area contributed by atoms with Gasteiger partial charge in [-0.1, -0.05) is 24.3 Å². The van der Waals surface area contributed by atoms with E-state index in [1.807, 2.05) is 27.9 Å². The zero-order chi connectivity index (χ0) is 28.2. The van der Waals surface area contributed by atoms with E-state index >= 15 is 0 Å². The Bertz CT molecular complexity index is 1240. The van der Waals surface area contributed by atoms with Crippen molar-refractivity contribution < 1.29 is 24.2 Å². The minimum Gasteiger partial charge on any atom is -0.493 e. The lowest BCUT2D eigenvalue weighted by atomic mass is 10.1. The van der Waals surface area contributed by atoms with Crippen LogP contribution in [-0.2, 0) is 11.2 Å². The van der Waals surface area contributed by atoms with Gasteiger partial charge in [0.25, 0.3) is 11.8 Å². The summed E-state index contributed by atoms with van der Waals surface area (Å²) in [7, 11) is 4.01. The fraction of sp³-hybridized carbons (Fsp3) is 0.290. The van der Waals surface area contributed by atoms with Crippen molar-refractivity contribution in [1.82, 2.24) is 10.6 Å². The molecule has 0 aromatic heterocycles. The standard InChI is InChI=1S/C31H37N3O5.ClH/c1-22(2)39-28-13-7-24(8-14-28)21-29(31(37)32-18-19-35)33-30(36)25-9-15-27(16-10-25)38-20-17-23-5-11-26(12-6-23)34(3)4;/h5-16,21-22,35H,17-20H2,1-4H3,(H,32,37)(H,33,36);1H. The van der Waals surface area contributed by atoms with E-state index in [1.54, 1.807) is 54.6 Å². The fourth-order valence-corrected chi connectivity index (χ4v) is 3.65. The van der Waals surface area contributed by atoms with Gasteiger partial charge in [0.2, 0.25) is 0 Å². The SMILES string of the molecule is CC(C)Oc1ccc(C=C(NC(=O)c2ccc(OCCc3ccc(N(C)C)cc3)cc2)C(=O)NCCO)cc1.Cl. The largest absolute Gasteiger partial charge is 0.493 e. The third-order valence-electron chi connectivity index (χ3n) is 5.68. The lowest BCUT2D eigenvalue weighted by Gasteiger charge is -2.13. The van der Waals surface area contributed by atoms with Crippen LogP contribution >= 0.6 is 12.4 Å². The average Bonchev–Trinajstić information content (AvgIpc) is 2.92. The predicted octanol–water partition coefficient (Wildman–Crippen LogP) is 4.46. The van der Waals surface area contributed by atoms with Crippen molar-refractivity contribution in [1.29, 1.82) is 0 Å². The first kappa shape index (κ1) is 32.2. The number of hydrogen-bond acceptors (Lipinski definition) is 6. The molecule has 0 saturated heterocycles. The fourth-order valence-electron chi connectivity index (χ4n) is 3.65. The van der Waals surface area contributed by atoms with Crippen LogP contribution in [0.1, 0.15) is 35.3 Å². The summed E-state index contributed by atoms with van der Waals surface area (Å²) in [5.41, 5.74) is 3.47. The maximum Gasteiger partial charge on any atom is 0.267 e. The normalized spacial score (nSPS) is 10.9. The molecule has 2 amide bonds. The Balaban J connectivity index is 0.00000560. The van der Waals surface area contributed by atoms with Crippen molar-refractivity contribution in [3.05, 3.63) is 95.2 Å². The van der Waals surface area contributed by atoms with Gasteiger partial charge >= 0.3 is 0 Å². The lowest BCUT2D eigenvalue weighted by Crippen LogP contribution is -2.36. The van der Waals surface area contributed by atoms with E-state index in [-0.39, 0.29) is 37.4 Å². The average molecular weight is 568 g/mol. The molecule has 3 rings (SSSR count). The second-order valence-corrected chi connectivity index (χ2v) is 9.41. The molecule has 214 valence electrons. The Labute approximate surface area is 242 Å². The van der Waals surface area contributed by atoms with Gasteiger partial charge in [0.1, 0.15) is 17.2 Å². The highest BCUT2D eigenvalue weighted by atomic mass is 35.5. The lowest BCUT2D eigenvalue weighted by molar-refractivity contribution is -0.117. The molecule has 3 aromatic carbocycles.